The van der Waals surface area contributed by atoms with Crippen molar-refractivity contribution in [3.05, 3.63) is 39.3 Å². The predicted octanol–water partition coefficient (Wildman–Crippen LogP) is 1.20. The van der Waals surface area contributed by atoms with Gasteiger partial charge in [-0.3, -0.25) is 9.59 Å². The summed E-state index contributed by atoms with van der Waals surface area (Å²) in [6.45, 7) is 0. The van der Waals surface area contributed by atoms with Gasteiger partial charge < -0.3 is 10.1 Å². The van der Waals surface area contributed by atoms with Crippen LogP contribution in [0.5, 0.6) is 0 Å². The van der Waals surface area contributed by atoms with Crippen molar-refractivity contribution in [1.82, 2.24) is 9.97 Å². The first-order valence-electron chi connectivity index (χ1n) is 4.46. The Morgan fingerprint density at radius 1 is 1.50 bits per heavy atom. The molecular weight excluding hydrogens is 232 g/mol. The van der Waals surface area contributed by atoms with Gasteiger partial charge in [0.1, 0.15) is 10.8 Å². The standard InChI is InChI=1S/C10H7ClN2O3/c11-7-2-1-5-3-6(4-8(14)15)10(16)13-9(5)12-7/h1-3H,4H2,(H,14,15)(H,12,13,16). The van der Waals surface area contributed by atoms with E-state index in [-0.39, 0.29) is 17.1 Å². The number of fused-ring (bicyclic) bond motifs is 1. The maximum atomic E-state index is 11.5. The summed E-state index contributed by atoms with van der Waals surface area (Å²) >= 11 is 5.67. The number of carboxylic acids is 1. The fraction of sp³-hybridized carbons (Fsp3) is 0.100. The van der Waals surface area contributed by atoms with E-state index in [4.69, 9.17) is 16.7 Å². The van der Waals surface area contributed by atoms with E-state index in [0.29, 0.717) is 11.0 Å². The molecule has 82 valence electrons. The highest BCUT2D eigenvalue weighted by molar-refractivity contribution is 6.29. The van der Waals surface area contributed by atoms with Gasteiger partial charge in [-0.05, 0) is 18.2 Å². The molecule has 0 bridgehead atoms. The van der Waals surface area contributed by atoms with Gasteiger partial charge in [-0.15, -0.1) is 0 Å². The summed E-state index contributed by atoms with van der Waals surface area (Å²) in [7, 11) is 0. The Bertz CT molecular complexity index is 621. The van der Waals surface area contributed by atoms with Gasteiger partial charge in [0.15, 0.2) is 0 Å². The Kier molecular flexibility index (Phi) is 2.62. The van der Waals surface area contributed by atoms with Crippen LogP contribution in [0.25, 0.3) is 11.0 Å². The van der Waals surface area contributed by atoms with Gasteiger partial charge in [-0.1, -0.05) is 11.6 Å². The van der Waals surface area contributed by atoms with Gasteiger partial charge in [0.05, 0.1) is 6.42 Å². The zero-order chi connectivity index (χ0) is 11.7. The van der Waals surface area contributed by atoms with E-state index >= 15 is 0 Å². The molecule has 0 radical (unpaired) electrons. The number of rotatable bonds is 2. The largest absolute Gasteiger partial charge is 0.481 e. The van der Waals surface area contributed by atoms with Gasteiger partial charge in [-0.2, -0.15) is 0 Å². The summed E-state index contributed by atoms with van der Waals surface area (Å²) < 4.78 is 0. The molecule has 2 heterocycles. The van der Waals surface area contributed by atoms with Crippen LogP contribution < -0.4 is 5.56 Å². The van der Waals surface area contributed by atoms with Gasteiger partial charge in [0.2, 0.25) is 0 Å². The number of nitrogens with zero attached hydrogens (tertiary/aromatic N) is 1. The molecule has 0 aromatic carbocycles. The van der Waals surface area contributed by atoms with E-state index in [0.717, 1.165) is 0 Å². The number of aromatic nitrogens is 2. The van der Waals surface area contributed by atoms with Gasteiger partial charge in [0, 0.05) is 10.9 Å². The number of halogens is 1. The fourth-order valence-electron chi connectivity index (χ4n) is 1.40. The van der Waals surface area contributed by atoms with Crippen LogP contribution in [0.2, 0.25) is 5.15 Å². The SMILES string of the molecule is O=C(O)Cc1cc2ccc(Cl)nc2[nH]c1=O. The summed E-state index contributed by atoms with van der Waals surface area (Å²) in [4.78, 5) is 28.4. The van der Waals surface area contributed by atoms with E-state index in [1.165, 1.54) is 6.07 Å². The number of nitrogens with one attached hydrogen (secondary N) is 1. The van der Waals surface area contributed by atoms with Gasteiger partial charge in [0.25, 0.3) is 5.56 Å². The first-order chi connectivity index (χ1) is 7.56. The number of carbonyl (C=O) groups is 1. The van der Waals surface area contributed by atoms with Crippen molar-refractivity contribution >= 4 is 28.6 Å². The lowest BCUT2D eigenvalue weighted by atomic mass is 10.1. The number of aliphatic carboxylic acids is 1. The zero-order valence-electron chi connectivity index (χ0n) is 8.03. The molecule has 2 N–H and O–H groups in total. The monoisotopic (exact) mass is 238 g/mol. The number of H-pyrrole nitrogens is 1. The first-order valence-corrected chi connectivity index (χ1v) is 4.84. The summed E-state index contributed by atoms with van der Waals surface area (Å²) in [5.41, 5.74) is 0.0976. The third kappa shape index (κ3) is 2.04. The van der Waals surface area contributed by atoms with Crippen LogP contribution >= 0.6 is 11.6 Å². The second kappa shape index (κ2) is 3.94. The zero-order valence-corrected chi connectivity index (χ0v) is 8.78. The third-order valence-corrected chi connectivity index (χ3v) is 2.30. The summed E-state index contributed by atoms with van der Waals surface area (Å²) in [6, 6.07) is 4.75. The van der Waals surface area contributed by atoms with Gasteiger partial charge in [-0.25, -0.2) is 4.98 Å². The minimum absolute atomic E-state index is 0.198. The topological polar surface area (TPSA) is 83.0 Å². The number of carboxylic acid groups (broad SMARTS) is 1. The molecule has 0 spiro atoms. The number of pyridine rings is 2. The highest BCUT2D eigenvalue weighted by atomic mass is 35.5. The molecule has 2 aromatic rings. The molecule has 0 aliphatic heterocycles. The third-order valence-electron chi connectivity index (χ3n) is 2.09. The average molecular weight is 239 g/mol. The molecule has 0 unspecified atom stereocenters. The maximum Gasteiger partial charge on any atom is 0.308 e. The molecule has 0 fully saturated rings. The Morgan fingerprint density at radius 3 is 2.94 bits per heavy atom. The number of hydrogen-bond donors (Lipinski definition) is 2. The number of aromatic amines is 1. The smallest absolute Gasteiger partial charge is 0.308 e. The van der Waals surface area contributed by atoms with Crippen molar-refractivity contribution in [3.63, 3.8) is 0 Å². The van der Waals surface area contributed by atoms with E-state index in [2.05, 4.69) is 9.97 Å². The predicted molar refractivity (Wildman–Crippen MR) is 58.7 cm³/mol. The lowest BCUT2D eigenvalue weighted by Gasteiger charge is -2.00. The highest BCUT2D eigenvalue weighted by Crippen LogP contribution is 2.12. The minimum Gasteiger partial charge on any atom is -0.481 e. The van der Waals surface area contributed by atoms with Crippen molar-refractivity contribution in [3.8, 4) is 0 Å². The van der Waals surface area contributed by atoms with Crippen molar-refractivity contribution in [1.29, 1.82) is 0 Å². The van der Waals surface area contributed by atoms with Crippen LogP contribution in [-0.4, -0.2) is 21.0 Å². The molecule has 0 saturated carbocycles. The molecule has 5 nitrogen and oxygen atoms in total. The Balaban J connectivity index is 2.63. The molecule has 0 atom stereocenters. The second-order valence-electron chi connectivity index (χ2n) is 3.27. The van der Waals surface area contributed by atoms with Crippen molar-refractivity contribution in [2.75, 3.05) is 0 Å². The van der Waals surface area contributed by atoms with E-state index in [9.17, 15) is 9.59 Å². The van der Waals surface area contributed by atoms with E-state index in [1.807, 2.05) is 0 Å². The number of hydrogen-bond acceptors (Lipinski definition) is 3. The van der Waals surface area contributed by atoms with Crippen molar-refractivity contribution in [2.24, 2.45) is 0 Å². The Hall–Kier alpha value is -1.88. The summed E-state index contributed by atoms with van der Waals surface area (Å²) in [5, 5.41) is 9.54. The van der Waals surface area contributed by atoms with Crippen molar-refractivity contribution in [2.45, 2.75) is 6.42 Å². The summed E-state index contributed by atoms with van der Waals surface area (Å²) in [6.07, 6.45) is -0.312. The fourth-order valence-corrected chi connectivity index (χ4v) is 1.55. The lowest BCUT2D eigenvalue weighted by Crippen LogP contribution is -2.16. The molecule has 2 rings (SSSR count). The van der Waals surface area contributed by atoms with Crippen LogP contribution in [0, 0.1) is 0 Å². The molecular formula is C10H7ClN2O3. The maximum absolute atomic E-state index is 11.5. The van der Waals surface area contributed by atoms with Crippen LogP contribution in [0.4, 0.5) is 0 Å². The molecule has 0 aliphatic carbocycles. The quantitative estimate of drug-likeness (QED) is 0.771. The van der Waals surface area contributed by atoms with Crippen LogP contribution in [-0.2, 0) is 11.2 Å². The average Bonchev–Trinajstić information content (AvgIpc) is 2.19. The molecule has 2 aromatic heterocycles. The minimum atomic E-state index is -1.05. The van der Waals surface area contributed by atoms with Gasteiger partial charge >= 0.3 is 5.97 Å². The van der Waals surface area contributed by atoms with E-state index < -0.39 is 11.5 Å². The normalized spacial score (nSPS) is 10.6. The second-order valence-corrected chi connectivity index (χ2v) is 3.65. The first kappa shape index (κ1) is 10.6. The Labute approximate surface area is 94.7 Å². The highest BCUT2D eigenvalue weighted by Gasteiger charge is 2.07. The van der Waals surface area contributed by atoms with Crippen LogP contribution in [0.3, 0.4) is 0 Å². The molecule has 0 aliphatic rings. The molecule has 0 amide bonds. The molecule has 6 heteroatoms. The lowest BCUT2D eigenvalue weighted by molar-refractivity contribution is -0.136. The van der Waals surface area contributed by atoms with Crippen LogP contribution in [0.1, 0.15) is 5.56 Å². The van der Waals surface area contributed by atoms with Crippen LogP contribution in [0.15, 0.2) is 23.0 Å². The molecule has 0 saturated heterocycles. The van der Waals surface area contributed by atoms with E-state index in [1.54, 1.807) is 12.1 Å². The van der Waals surface area contributed by atoms with Crippen molar-refractivity contribution < 1.29 is 9.90 Å². The Morgan fingerprint density at radius 2 is 2.25 bits per heavy atom. The molecule has 16 heavy (non-hydrogen) atoms. The summed E-state index contributed by atoms with van der Waals surface area (Å²) in [5.74, 6) is -1.05.